The number of hydrogen-bond acceptors (Lipinski definition) is 5. The van der Waals surface area contributed by atoms with E-state index in [9.17, 15) is 9.59 Å². The van der Waals surface area contributed by atoms with E-state index in [1.165, 1.54) is 0 Å². The van der Waals surface area contributed by atoms with Crippen molar-refractivity contribution in [3.05, 3.63) is 0 Å². The molecule has 0 aliphatic rings. The average Bonchev–Trinajstić information content (AvgIpc) is 2.12. The Bertz CT molecular complexity index is 166. The maximum Gasteiger partial charge on any atom is 0.342 e. The van der Waals surface area contributed by atoms with Gasteiger partial charge in [0.15, 0.2) is 0 Å². The second-order valence-corrected chi connectivity index (χ2v) is 2.17. The monoisotopic (exact) mass is 190 g/mol. The van der Waals surface area contributed by atoms with Gasteiger partial charge in [0.2, 0.25) is 0 Å². The summed E-state index contributed by atoms with van der Waals surface area (Å²) in [4.78, 5) is 30.2. The minimum absolute atomic E-state index is 0.0150. The van der Waals surface area contributed by atoms with Crippen LogP contribution in [0.3, 0.4) is 0 Å². The van der Waals surface area contributed by atoms with Gasteiger partial charge in [-0.25, -0.2) is 4.79 Å². The molecule has 0 spiro atoms. The zero-order valence-electron chi connectivity index (χ0n) is 7.87. The molecule has 0 N–H and O–H groups in total. The van der Waals surface area contributed by atoms with Crippen LogP contribution >= 0.6 is 0 Å². The van der Waals surface area contributed by atoms with Crippen LogP contribution in [0, 0.1) is 0 Å². The SMILES string of the molecule is CCOOC(=O)CCC(=O)OCC. The number of rotatable bonds is 6. The summed E-state index contributed by atoms with van der Waals surface area (Å²) in [6.07, 6.45) is 0.0125. The molecule has 0 aromatic carbocycles. The predicted molar refractivity (Wildman–Crippen MR) is 43.6 cm³/mol. The molecule has 0 atom stereocenters. The highest BCUT2D eigenvalue weighted by Gasteiger charge is 2.08. The first-order valence-electron chi connectivity index (χ1n) is 4.18. The van der Waals surface area contributed by atoms with Crippen molar-refractivity contribution in [2.24, 2.45) is 0 Å². The van der Waals surface area contributed by atoms with E-state index in [2.05, 4.69) is 14.5 Å². The summed E-state index contributed by atoms with van der Waals surface area (Å²) < 4.78 is 4.61. The fourth-order valence-electron chi connectivity index (χ4n) is 0.604. The van der Waals surface area contributed by atoms with Gasteiger partial charge in [-0.05, 0) is 13.8 Å². The Balaban J connectivity index is 3.40. The molecule has 0 fully saturated rings. The molecule has 5 nitrogen and oxygen atoms in total. The first kappa shape index (κ1) is 11.9. The Morgan fingerprint density at radius 2 is 1.62 bits per heavy atom. The average molecular weight is 190 g/mol. The molecule has 5 heteroatoms. The molecular weight excluding hydrogens is 176 g/mol. The third-order valence-corrected chi connectivity index (χ3v) is 1.11. The van der Waals surface area contributed by atoms with E-state index in [4.69, 9.17) is 0 Å². The lowest BCUT2D eigenvalue weighted by molar-refractivity contribution is -0.269. The van der Waals surface area contributed by atoms with Gasteiger partial charge in [0, 0.05) is 0 Å². The first-order chi connectivity index (χ1) is 6.20. The molecule has 0 aromatic rings. The first-order valence-corrected chi connectivity index (χ1v) is 4.18. The lowest BCUT2D eigenvalue weighted by Crippen LogP contribution is -2.10. The van der Waals surface area contributed by atoms with Gasteiger partial charge in [0.25, 0.3) is 0 Å². The van der Waals surface area contributed by atoms with Crippen LogP contribution in [0.2, 0.25) is 0 Å². The molecule has 0 aliphatic heterocycles. The minimum atomic E-state index is -0.560. The van der Waals surface area contributed by atoms with E-state index in [-0.39, 0.29) is 12.8 Å². The number of hydrogen-bond donors (Lipinski definition) is 0. The molecule has 0 rings (SSSR count). The van der Waals surface area contributed by atoms with Crippen LogP contribution in [0.15, 0.2) is 0 Å². The van der Waals surface area contributed by atoms with Gasteiger partial charge in [-0.15, -0.1) is 0 Å². The standard InChI is InChI=1S/C8H14O5/c1-3-11-7(9)5-6-8(10)13-12-4-2/h3-6H2,1-2H3. The molecule has 0 aliphatic carbocycles. The lowest BCUT2D eigenvalue weighted by Gasteiger charge is -2.01. The maximum absolute atomic E-state index is 10.8. The van der Waals surface area contributed by atoms with Crippen molar-refractivity contribution >= 4 is 11.9 Å². The van der Waals surface area contributed by atoms with Crippen LogP contribution in [-0.4, -0.2) is 25.2 Å². The van der Waals surface area contributed by atoms with Gasteiger partial charge in [-0.1, -0.05) is 0 Å². The van der Waals surface area contributed by atoms with Gasteiger partial charge < -0.3 is 4.74 Å². The van der Waals surface area contributed by atoms with E-state index in [0.29, 0.717) is 13.2 Å². The maximum atomic E-state index is 10.8. The predicted octanol–water partition coefficient (Wildman–Crippen LogP) is 0.824. The number of esters is 1. The van der Waals surface area contributed by atoms with Gasteiger partial charge in [-0.3, -0.25) is 9.68 Å². The topological polar surface area (TPSA) is 61.8 Å². The Morgan fingerprint density at radius 1 is 1.00 bits per heavy atom. The summed E-state index contributed by atoms with van der Waals surface area (Å²) in [6.45, 7) is 4.01. The van der Waals surface area contributed by atoms with Gasteiger partial charge in [0.05, 0.1) is 26.1 Å². The fraction of sp³-hybridized carbons (Fsp3) is 0.750. The van der Waals surface area contributed by atoms with Gasteiger partial charge >= 0.3 is 11.9 Å². The molecule has 13 heavy (non-hydrogen) atoms. The lowest BCUT2D eigenvalue weighted by atomic mass is 10.3. The van der Waals surface area contributed by atoms with Crippen molar-refractivity contribution in [1.29, 1.82) is 0 Å². The molecule has 76 valence electrons. The largest absolute Gasteiger partial charge is 0.466 e. The summed E-state index contributed by atoms with van der Waals surface area (Å²) in [5, 5.41) is 0. The second-order valence-electron chi connectivity index (χ2n) is 2.17. The zero-order chi connectivity index (χ0) is 10.1. The minimum Gasteiger partial charge on any atom is -0.466 e. The van der Waals surface area contributed by atoms with Crippen molar-refractivity contribution in [1.82, 2.24) is 0 Å². The van der Waals surface area contributed by atoms with Crippen molar-refractivity contribution in [2.45, 2.75) is 26.7 Å². The molecule has 0 amide bonds. The highest BCUT2D eigenvalue weighted by molar-refractivity contribution is 5.77. The molecule has 0 saturated carbocycles. The van der Waals surface area contributed by atoms with Crippen molar-refractivity contribution < 1.29 is 24.1 Å². The summed E-state index contributed by atoms with van der Waals surface area (Å²) in [5.74, 6) is -0.967. The molecule has 0 bridgehead atoms. The third kappa shape index (κ3) is 7.27. The Morgan fingerprint density at radius 3 is 2.15 bits per heavy atom. The fourth-order valence-corrected chi connectivity index (χ4v) is 0.604. The van der Waals surface area contributed by atoms with Crippen LogP contribution in [0.5, 0.6) is 0 Å². The van der Waals surface area contributed by atoms with Crippen LogP contribution in [0.25, 0.3) is 0 Å². The second kappa shape index (κ2) is 7.54. The van der Waals surface area contributed by atoms with E-state index >= 15 is 0 Å². The van der Waals surface area contributed by atoms with Crippen LogP contribution in [0.1, 0.15) is 26.7 Å². The number of carbonyl (C=O) groups excluding carboxylic acids is 2. The number of ether oxygens (including phenoxy) is 1. The zero-order valence-corrected chi connectivity index (χ0v) is 7.87. The van der Waals surface area contributed by atoms with Crippen LogP contribution in [-0.2, 0) is 24.1 Å². The summed E-state index contributed by atoms with van der Waals surface area (Å²) >= 11 is 0. The van der Waals surface area contributed by atoms with Crippen LogP contribution < -0.4 is 0 Å². The summed E-state index contributed by atoms with van der Waals surface area (Å²) in [7, 11) is 0. The quantitative estimate of drug-likeness (QED) is 0.352. The molecule has 0 radical (unpaired) electrons. The van der Waals surface area contributed by atoms with E-state index in [1.54, 1.807) is 13.8 Å². The molecular formula is C8H14O5. The summed E-state index contributed by atoms with van der Waals surface area (Å²) in [6, 6.07) is 0. The Labute approximate surface area is 76.9 Å². The highest BCUT2D eigenvalue weighted by atomic mass is 17.2. The van der Waals surface area contributed by atoms with Gasteiger partial charge in [-0.2, -0.15) is 4.89 Å². The van der Waals surface area contributed by atoms with E-state index in [1.807, 2.05) is 0 Å². The highest BCUT2D eigenvalue weighted by Crippen LogP contribution is 1.96. The molecule has 0 aromatic heterocycles. The van der Waals surface area contributed by atoms with Gasteiger partial charge in [0.1, 0.15) is 0 Å². The number of carbonyl (C=O) groups is 2. The summed E-state index contributed by atoms with van der Waals surface area (Å²) in [5.41, 5.74) is 0. The van der Waals surface area contributed by atoms with Crippen molar-refractivity contribution in [3.8, 4) is 0 Å². The Hall–Kier alpha value is -1.10. The normalized spacial score (nSPS) is 9.38. The Kier molecular flexibility index (Phi) is 6.91. The molecule has 0 unspecified atom stereocenters. The molecule has 0 heterocycles. The van der Waals surface area contributed by atoms with E-state index in [0.717, 1.165) is 0 Å². The third-order valence-electron chi connectivity index (χ3n) is 1.11. The smallest absolute Gasteiger partial charge is 0.342 e. The molecule has 0 saturated heterocycles. The van der Waals surface area contributed by atoms with Crippen LogP contribution in [0.4, 0.5) is 0 Å². The van der Waals surface area contributed by atoms with E-state index < -0.39 is 11.9 Å². The van der Waals surface area contributed by atoms with Crippen molar-refractivity contribution in [2.75, 3.05) is 13.2 Å². The van der Waals surface area contributed by atoms with Crippen molar-refractivity contribution in [3.63, 3.8) is 0 Å².